The molecule has 1 amide bonds. The van der Waals surface area contributed by atoms with E-state index >= 15 is 0 Å². The number of cyclic esters (lactones) is 1. The van der Waals surface area contributed by atoms with Gasteiger partial charge in [-0.15, -0.1) is 6.54 Å². The predicted octanol–water partition coefficient (Wildman–Crippen LogP) is 2.96. The van der Waals surface area contributed by atoms with Crippen molar-refractivity contribution in [3.63, 3.8) is 0 Å². The first-order valence-corrected chi connectivity index (χ1v) is 7.57. The van der Waals surface area contributed by atoms with Crippen molar-refractivity contribution in [2.75, 3.05) is 18.0 Å². The van der Waals surface area contributed by atoms with Crippen LogP contribution in [0.1, 0.15) is 15.9 Å². The zero-order chi connectivity index (χ0) is 17.8. The van der Waals surface area contributed by atoms with E-state index < -0.39 is 24.0 Å². The number of nitrogens with zero attached hydrogens (tertiary/aromatic N) is 2. The van der Waals surface area contributed by atoms with Crippen LogP contribution in [0, 0.1) is 49.9 Å². The van der Waals surface area contributed by atoms with Crippen molar-refractivity contribution >= 4 is 17.7 Å². The van der Waals surface area contributed by atoms with Crippen LogP contribution in [-0.2, 0) is 16.1 Å². The fourth-order valence-corrected chi connectivity index (χ4v) is 2.39. The molecule has 133 valence electrons. The molecule has 1 aromatic carbocycles. The zero-order valence-electron chi connectivity index (χ0n) is 13.7. The molecule has 1 radical (unpaired) electrons. The first-order chi connectivity index (χ1) is 12.1. The Morgan fingerprint density at radius 2 is 2.23 bits per heavy atom. The van der Waals surface area contributed by atoms with Crippen LogP contribution in [0.4, 0.5) is 14.9 Å². The number of benzene rings is 1. The van der Waals surface area contributed by atoms with E-state index in [9.17, 15) is 14.0 Å². The molecule has 1 saturated heterocycles. The van der Waals surface area contributed by atoms with Gasteiger partial charge in [0, 0.05) is 62.0 Å². The van der Waals surface area contributed by atoms with Gasteiger partial charge in [0.25, 0.3) is 0 Å². The van der Waals surface area contributed by atoms with E-state index in [2.05, 4.69) is 4.98 Å². The summed E-state index contributed by atoms with van der Waals surface area (Å²) in [5, 5.41) is 0. The van der Waals surface area contributed by atoms with Crippen LogP contribution in [-0.4, -0.2) is 36.2 Å². The van der Waals surface area contributed by atoms with Crippen LogP contribution < -0.4 is 4.90 Å². The Balaban J connectivity index is 0.00000243. The number of nitrogens with one attached hydrogen (secondary N) is 1. The molecule has 2 heterocycles. The Labute approximate surface area is 185 Å². The Hall–Kier alpha value is -1.56. The summed E-state index contributed by atoms with van der Waals surface area (Å²) in [6.07, 6.45) is 1.97. The summed E-state index contributed by atoms with van der Waals surface area (Å²) in [4.78, 5) is 28.9. The number of carbonyl (C=O) groups excluding carboxylic acids is 2. The Morgan fingerprint density at radius 1 is 1.42 bits per heavy atom. The third-order valence-electron chi connectivity index (χ3n) is 3.68. The predicted molar refractivity (Wildman–Crippen MR) is 86.6 cm³/mol. The smallest absolute Gasteiger partial charge is 0.414 e. The molecule has 1 atom stereocenters. The molecule has 1 aliphatic heterocycles. The van der Waals surface area contributed by atoms with E-state index in [-0.39, 0.29) is 75.0 Å². The fourth-order valence-electron chi connectivity index (χ4n) is 2.39. The molecule has 1 fully saturated rings. The van der Waals surface area contributed by atoms with Gasteiger partial charge in [0.1, 0.15) is 18.5 Å². The van der Waals surface area contributed by atoms with E-state index in [1.807, 2.05) is 0 Å². The van der Waals surface area contributed by atoms with E-state index in [0.29, 0.717) is 5.56 Å². The summed E-state index contributed by atoms with van der Waals surface area (Å²) in [6.45, 7) is 0.0908. The number of hydrogen-bond acceptors (Lipinski definition) is 5. The summed E-state index contributed by atoms with van der Waals surface area (Å²) >= 11 is 0. The molecular formula is C17H15AcFN3O4-. The molecule has 1 N–H and O–H groups in total. The van der Waals surface area contributed by atoms with Gasteiger partial charge < -0.3 is 15.2 Å². The maximum atomic E-state index is 14.3. The molecule has 1 aromatic heterocycles. The van der Waals surface area contributed by atoms with Crippen molar-refractivity contribution in [3.8, 4) is 0 Å². The van der Waals surface area contributed by atoms with Gasteiger partial charge in [-0.3, -0.25) is 9.88 Å². The second-order valence-electron chi connectivity index (χ2n) is 5.42. The number of aromatic nitrogens is 1. The zero-order valence-corrected chi connectivity index (χ0v) is 18.5. The number of amides is 1. The second-order valence-corrected chi connectivity index (χ2v) is 5.42. The Kier molecular flexibility index (Phi) is 7.50. The molecular weight excluding hydrogens is 556 g/mol. The topological polar surface area (TPSA) is 92.5 Å². The number of anilines is 1. The molecule has 26 heavy (non-hydrogen) atoms. The molecule has 0 spiro atoms. The van der Waals surface area contributed by atoms with Crippen LogP contribution in [0.2, 0.25) is 0 Å². The van der Waals surface area contributed by atoms with Gasteiger partial charge in [0.2, 0.25) is 0 Å². The largest absolute Gasteiger partial charge is 0.674 e. The minimum atomic E-state index is -0.805. The van der Waals surface area contributed by atoms with E-state index in [1.165, 1.54) is 17.0 Å². The molecule has 9 heteroatoms. The van der Waals surface area contributed by atoms with Crippen molar-refractivity contribution in [1.82, 2.24) is 4.98 Å². The minimum Gasteiger partial charge on any atom is -0.674 e. The van der Waals surface area contributed by atoms with Crippen LogP contribution in [0.15, 0.2) is 42.7 Å². The van der Waals surface area contributed by atoms with Gasteiger partial charge >= 0.3 is 12.1 Å². The molecule has 0 saturated carbocycles. The van der Waals surface area contributed by atoms with Gasteiger partial charge in [-0.25, -0.2) is 14.0 Å². The maximum absolute atomic E-state index is 14.3. The average Bonchev–Trinajstić information content (AvgIpc) is 3.01. The summed E-state index contributed by atoms with van der Waals surface area (Å²) < 4.78 is 24.3. The van der Waals surface area contributed by atoms with Crippen LogP contribution in [0.5, 0.6) is 0 Å². The standard InChI is InChI=1S/C17H15FN3O4.Ac/c18-15-6-12(21-9-13(7-19)25-17(21)23)3-4-14(15)16(22)24-10-11-2-1-5-20-8-11;/h1-6,8,13,19H,7,9-10H2;/q-1;/t13-;/m0./s1. The van der Waals surface area contributed by atoms with Gasteiger partial charge in [-0.05, 0) is 24.3 Å². The van der Waals surface area contributed by atoms with Gasteiger partial charge in [0.15, 0.2) is 0 Å². The van der Waals surface area contributed by atoms with E-state index in [1.54, 1.807) is 24.5 Å². The molecule has 0 aliphatic carbocycles. The number of carbonyl (C=O) groups is 2. The molecule has 3 rings (SSSR count). The fraction of sp³-hybridized carbons (Fsp3) is 0.235. The van der Waals surface area contributed by atoms with Crippen molar-refractivity contribution in [3.05, 3.63) is 65.4 Å². The number of esters is 1. The third kappa shape index (κ3) is 4.78. The Morgan fingerprint density at radius 3 is 2.85 bits per heavy atom. The van der Waals surface area contributed by atoms with Crippen LogP contribution in [0.3, 0.4) is 0 Å². The van der Waals surface area contributed by atoms with Gasteiger partial charge in [-0.1, -0.05) is 6.07 Å². The van der Waals surface area contributed by atoms with Crippen molar-refractivity contribution in [1.29, 1.82) is 0 Å². The summed E-state index contributed by atoms with van der Waals surface area (Å²) in [7, 11) is 0. The van der Waals surface area contributed by atoms with Crippen molar-refractivity contribution < 1.29 is 67.5 Å². The number of halogens is 1. The average molecular weight is 571 g/mol. The van der Waals surface area contributed by atoms with Crippen molar-refractivity contribution in [2.24, 2.45) is 0 Å². The quantitative estimate of drug-likeness (QED) is 0.515. The van der Waals surface area contributed by atoms with E-state index in [4.69, 9.17) is 15.2 Å². The van der Waals surface area contributed by atoms with Crippen LogP contribution >= 0.6 is 0 Å². The number of hydrogen-bond donors (Lipinski definition) is 0. The number of ether oxygens (including phenoxy) is 2. The maximum Gasteiger partial charge on any atom is 0.414 e. The first-order valence-electron chi connectivity index (χ1n) is 7.57. The molecule has 1 aliphatic rings. The van der Waals surface area contributed by atoms with Gasteiger partial charge in [0.05, 0.1) is 17.8 Å². The minimum absolute atomic E-state index is 0. The van der Waals surface area contributed by atoms with Gasteiger partial charge in [-0.2, -0.15) is 0 Å². The summed E-state index contributed by atoms with van der Waals surface area (Å²) in [5.41, 5.74) is 7.98. The molecule has 2 aromatic rings. The summed E-state index contributed by atoms with van der Waals surface area (Å²) in [5.74, 6) is -1.60. The van der Waals surface area contributed by atoms with E-state index in [0.717, 1.165) is 6.07 Å². The normalized spacial score (nSPS) is 16.0. The SMILES string of the molecule is [Ac].[NH-]C[C@H]1CN(c2ccc(C(=O)OCc3cccnc3)c(F)c2)C(=O)O1. The molecule has 0 bridgehead atoms. The van der Waals surface area contributed by atoms with Crippen molar-refractivity contribution in [2.45, 2.75) is 12.7 Å². The monoisotopic (exact) mass is 571 g/mol. The molecule has 0 unspecified atom stereocenters. The number of pyridine rings is 1. The number of rotatable bonds is 5. The Bertz CT molecular complexity index is 791. The second kappa shape index (κ2) is 9.40. The summed E-state index contributed by atoms with van der Waals surface area (Å²) in [6, 6.07) is 7.22. The molecule has 7 nitrogen and oxygen atoms in total. The third-order valence-corrected chi connectivity index (χ3v) is 3.68. The van der Waals surface area contributed by atoms with Crippen LogP contribution in [0.25, 0.3) is 5.73 Å². The first kappa shape index (κ1) is 20.7.